The Hall–Kier alpha value is 9.34. The number of Topliss-reactive ketones (excluding diaryl/α,β-unsaturated/α-hetero) is 1. The van der Waals surface area contributed by atoms with Gasteiger partial charge in [0.1, 0.15) is 17.3 Å². The van der Waals surface area contributed by atoms with Crippen molar-refractivity contribution >= 4 is 183 Å². The maximum atomic E-state index is 13.4. The van der Waals surface area contributed by atoms with E-state index in [1.54, 1.807) is 32.0 Å². The van der Waals surface area contributed by atoms with Crippen LogP contribution in [-0.2, 0) is 210 Å². The molecule has 0 bridgehead atoms. The summed E-state index contributed by atoms with van der Waals surface area (Å²) in [7, 11) is 32.5. The number of ketones is 1. The van der Waals surface area contributed by atoms with Crippen molar-refractivity contribution in [2.75, 3.05) is 26.4 Å². The van der Waals surface area contributed by atoms with Crippen LogP contribution in [0.25, 0.3) is 0 Å². The third kappa shape index (κ3) is 19.8. The fourth-order valence-electron chi connectivity index (χ4n) is 11.9. The van der Waals surface area contributed by atoms with Crippen LogP contribution in [0.15, 0.2) is 48.5 Å². The quantitative estimate of drug-likeness (QED) is 0.0868. The van der Waals surface area contributed by atoms with Crippen LogP contribution in [0.3, 0.4) is 0 Å². The van der Waals surface area contributed by atoms with Crippen LogP contribution in [0.2, 0.25) is 0 Å². The van der Waals surface area contributed by atoms with Crippen LogP contribution in [-0.4, -0.2) is 61.9 Å². The molecule has 2 aromatic carbocycles. The van der Waals surface area contributed by atoms with E-state index < -0.39 is 46.4 Å². The van der Waals surface area contributed by atoms with E-state index in [-0.39, 0.29) is 278 Å². The van der Waals surface area contributed by atoms with Crippen molar-refractivity contribution in [3.05, 3.63) is 59.7 Å². The Morgan fingerprint density at radius 3 is 1.39 bits per heavy atom. The van der Waals surface area contributed by atoms with E-state index in [9.17, 15) is 24.0 Å². The van der Waals surface area contributed by atoms with Crippen LogP contribution in [0.1, 0.15) is 88.2 Å². The summed E-state index contributed by atoms with van der Waals surface area (Å²) in [5.74, 6) is -3.19. The third-order valence-corrected chi connectivity index (χ3v) is 132. The number of fused-ring (bicyclic) bond motifs is 11. The number of para-hydroxylation sites is 2. The van der Waals surface area contributed by atoms with Crippen LogP contribution in [0.5, 0.6) is 11.5 Å². The molecular weight excluding hydrogens is 1700 g/mol. The molecule has 11 nitrogen and oxygen atoms in total. The molecular formula is C40H65O11P19V9. The zero-order chi connectivity index (χ0) is 50.9. The second kappa shape index (κ2) is 42.8. The van der Waals surface area contributed by atoms with Gasteiger partial charge in [0.2, 0.25) is 0 Å². The number of hydrogen-bond donors (Lipinski definition) is 0. The number of hydrogen-bond acceptors (Lipinski definition) is 11. The summed E-state index contributed by atoms with van der Waals surface area (Å²) >= 11 is 0. The molecule has 431 valence electrons. The summed E-state index contributed by atoms with van der Waals surface area (Å²) < 4.78 is 34.4. The summed E-state index contributed by atoms with van der Waals surface area (Å²) in [6.45, 7) is 5.89. The van der Waals surface area contributed by atoms with Gasteiger partial charge in [-0.1, -0.05) is 57.2 Å². The van der Waals surface area contributed by atoms with Gasteiger partial charge >= 0.3 is 23.9 Å². The van der Waals surface area contributed by atoms with Gasteiger partial charge in [-0.05, 0) is 125 Å². The Labute approximate surface area is 609 Å². The molecule has 3 heterocycles. The summed E-state index contributed by atoms with van der Waals surface area (Å²) in [4.78, 5) is 65.4. The van der Waals surface area contributed by atoms with Crippen molar-refractivity contribution < 1.29 is 219 Å². The minimum absolute atomic E-state index is 0. The van der Waals surface area contributed by atoms with Gasteiger partial charge in [0.15, 0.2) is 16.6 Å². The molecule has 2 aromatic rings. The largest absolute Gasteiger partial charge is 0.465 e. The molecule has 3 aliphatic heterocycles. The Morgan fingerprint density at radius 1 is 0.570 bits per heavy atom. The predicted octanol–water partition coefficient (Wildman–Crippen LogP) is 16.1. The van der Waals surface area contributed by atoms with Gasteiger partial charge in [-0.25, -0.2) is 0 Å². The van der Waals surface area contributed by atoms with Crippen molar-refractivity contribution in [2.24, 2.45) is 34.5 Å². The molecule has 4 saturated carbocycles. The first-order chi connectivity index (χ1) is 33.4. The molecule has 0 amide bonds. The number of carbonyl (C=O) groups is 5. The topological polar surface area (TPSA) is 141 Å². The minimum atomic E-state index is -1.38. The first-order valence-electron chi connectivity index (χ1n) is 22.7. The van der Waals surface area contributed by atoms with Gasteiger partial charge in [0, 0.05) is 209 Å². The van der Waals surface area contributed by atoms with Crippen molar-refractivity contribution in [1.29, 1.82) is 0 Å². The molecule has 1 spiro atoms. The van der Waals surface area contributed by atoms with Gasteiger partial charge in [-0.2, -0.15) is 0 Å². The van der Waals surface area contributed by atoms with Crippen molar-refractivity contribution in [2.45, 2.75) is 82.8 Å². The normalized spacial score (nSPS) is 26.3. The number of ether oxygens (including phenoxy) is 6. The average molecular weight is 1770 g/mol. The molecule has 7 aliphatic rings. The fraction of sp³-hybridized carbons (Fsp3) is 0.575. The molecule has 9 rings (SSSR count). The van der Waals surface area contributed by atoms with Gasteiger partial charge in [0.05, 0.1) is 26.4 Å². The SMILES string of the molecule is CCOC(=O)C12C(=O)Oc3ccccc3C1CC(=O)C1CCCC12.CCOC(=O)C12C(=O)Oc3ccccc3C1CC1(OCCO1)C1CCCC12.PPP(P)P(P(P(P)P)P(P)P)P(P(P)P)P(P)P.[V].[V].[V].[V].[V].[V].[V].[V].[V]. The Morgan fingerprint density at radius 2 is 0.962 bits per heavy atom. The van der Waals surface area contributed by atoms with Crippen LogP contribution >= 0.6 is 153 Å². The molecule has 39 heteroatoms. The van der Waals surface area contributed by atoms with Gasteiger partial charge in [-0.3, -0.25) is 24.0 Å². The van der Waals surface area contributed by atoms with E-state index in [4.69, 9.17) is 28.4 Å². The zero-order valence-corrected chi connectivity index (χ0v) is 75.2. The molecule has 5 fully saturated rings. The molecule has 0 aromatic heterocycles. The Kier molecular flexibility index (Phi) is 50.1. The van der Waals surface area contributed by atoms with Crippen molar-refractivity contribution in [3.8, 4) is 11.5 Å². The van der Waals surface area contributed by atoms with Crippen LogP contribution in [0.4, 0.5) is 0 Å². The number of carbonyl (C=O) groups excluding carboxylic acids is 5. The smallest absolute Gasteiger partial charge is 0.329 e. The van der Waals surface area contributed by atoms with E-state index in [1.807, 2.05) is 30.3 Å². The number of benzene rings is 2. The Balaban J connectivity index is -0.00000105. The molecule has 20 unspecified atom stereocenters. The summed E-state index contributed by atoms with van der Waals surface area (Å²) in [5, 5.41) is 0. The summed E-state index contributed by atoms with van der Waals surface area (Å²) in [6.07, 6.45) is 5.54. The first kappa shape index (κ1) is 92.5. The van der Waals surface area contributed by atoms with Crippen molar-refractivity contribution in [3.63, 3.8) is 0 Å². The maximum Gasteiger partial charge on any atom is 0.329 e. The monoisotopic (exact) mass is 1770 g/mol. The van der Waals surface area contributed by atoms with Crippen molar-refractivity contribution in [1.82, 2.24) is 0 Å². The average Bonchev–Trinajstić information content (AvgIpc) is 4.13. The second-order valence-electron chi connectivity index (χ2n) is 17.6. The second-order valence-corrected chi connectivity index (χ2v) is 90.4. The number of esters is 4. The van der Waals surface area contributed by atoms with E-state index in [0.717, 1.165) is 51.2 Å². The summed E-state index contributed by atoms with van der Waals surface area (Å²) in [5.41, 5.74) is -1.05. The molecule has 4 aliphatic carbocycles. The van der Waals surface area contributed by atoms with Gasteiger partial charge in [-0.15, -0.1) is 89.3 Å². The predicted molar refractivity (Wildman–Crippen MR) is 339 cm³/mol. The molecule has 79 heavy (non-hydrogen) atoms. The Bertz CT molecular complexity index is 2250. The molecule has 9 radical (unpaired) electrons. The summed E-state index contributed by atoms with van der Waals surface area (Å²) in [6, 6.07) is 14.7. The maximum absolute atomic E-state index is 13.4. The molecule has 1 saturated heterocycles. The zero-order valence-electron chi connectivity index (χ0n) is 42.9. The third-order valence-electron chi connectivity index (χ3n) is 14.3. The molecule has 0 N–H and O–H groups in total. The van der Waals surface area contributed by atoms with E-state index in [0.29, 0.717) is 37.6 Å². The van der Waals surface area contributed by atoms with E-state index >= 15 is 0 Å². The van der Waals surface area contributed by atoms with Gasteiger partial charge < -0.3 is 28.4 Å². The first-order valence-corrected chi connectivity index (χ1v) is 56.6. The molecule has 20 atom stereocenters. The minimum Gasteiger partial charge on any atom is -0.465 e. The fourth-order valence-corrected chi connectivity index (χ4v) is 231. The van der Waals surface area contributed by atoms with Crippen LogP contribution < -0.4 is 9.47 Å². The standard InChI is InChI=1S/C21H24O6.C19H20O5.H21P19.9V/c1-2-24-18(22)21-15-8-5-7-14(15)20(25-10-11-26-20)12-16(21)13-6-3-4-9-17(13)27-19(21)23;1-2-23-17(21)19-13-8-5-7-11(13)15(20)10-14(19)12-6-3-4-9-16(12)24-18(19)22;1-11-16(10)19(17(12(2)3)13(4)5)18(14(6)7)15(8)9;;;;;;;;;/h3-4,6,9,14-16H,2,5,7-8,10-12H2,1H3;3-4,6,9,11,13-14H,2,5,7-8,10H2,1H3;11H,1-10H2;;;;;;;;;. The van der Waals surface area contributed by atoms with E-state index in [2.05, 4.69) is 89.3 Å². The van der Waals surface area contributed by atoms with E-state index in [1.165, 1.54) is 0 Å². The number of rotatable bonds is 12. The van der Waals surface area contributed by atoms with Gasteiger partial charge in [0.25, 0.3) is 0 Å². The van der Waals surface area contributed by atoms with Crippen LogP contribution in [0, 0.1) is 34.5 Å².